The Morgan fingerprint density at radius 1 is 1.18 bits per heavy atom. The molecule has 0 unspecified atom stereocenters. The summed E-state index contributed by atoms with van der Waals surface area (Å²) in [5, 5.41) is 4.36. The molecule has 3 heterocycles. The van der Waals surface area contributed by atoms with E-state index in [1.807, 2.05) is 11.9 Å². The highest BCUT2D eigenvalue weighted by atomic mass is 32.1. The smallest absolute Gasteiger partial charge is 0.275 e. The van der Waals surface area contributed by atoms with Crippen molar-refractivity contribution in [3.8, 4) is 0 Å². The summed E-state index contributed by atoms with van der Waals surface area (Å²) in [6.45, 7) is 5.80. The summed E-state index contributed by atoms with van der Waals surface area (Å²) >= 11 is 1.76. The molecule has 2 aromatic rings. The van der Waals surface area contributed by atoms with E-state index in [9.17, 15) is 4.79 Å². The number of aromatic nitrogens is 1. The summed E-state index contributed by atoms with van der Waals surface area (Å²) in [6, 6.07) is 2.55. The maximum absolute atomic E-state index is 12.7. The number of amides is 1. The predicted molar refractivity (Wildman–Crippen MR) is 110 cm³/mol. The molecule has 4 rings (SSSR count). The lowest BCUT2D eigenvalue weighted by molar-refractivity contribution is 0.0690. The number of piperazine rings is 1. The van der Waals surface area contributed by atoms with Crippen LogP contribution in [0.4, 0.5) is 0 Å². The summed E-state index contributed by atoms with van der Waals surface area (Å²) in [6.07, 6.45) is 7.44. The second kappa shape index (κ2) is 9.20. The lowest BCUT2D eigenvalue weighted by atomic mass is 9.94. The number of rotatable bonds is 6. The van der Waals surface area contributed by atoms with Crippen LogP contribution in [0.15, 0.2) is 27.5 Å². The fourth-order valence-electron chi connectivity index (χ4n) is 4.23. The van der Waals surface area contributed by atoms with Gasteiger partial charge in [0, 0.05) is 45.8 Å². The van der Waals surface area contributed by atoms with Crippen molar-refractivity contribution in [3.05, 3.63) is 40.2 Å². The Bertz CT molecular complexity index is 746. The molecule has 1 saturated heterocycles. The maximum Gasteiger partial charge on any atom is 0.275 e. The lowest BCUT2D eigenvalue weighted by Crippen LogP contribution is -2.45. The van der Waals surface area contributed by atoms with Gasteiger partial charge in [0.25, 0.3) is 5.91 Å². The monoisotopic (exact) mass is 402 g/mol. The van der Waals surface area contributed by atoms with Crippen LogP contribution in [0.2, 0.25) is 0 Å². The SMILES string of the molecule is CN(C(=O)c1coc(CN2CCN(Cc3ccsc3)CC2)n1)C1CCCCC1. The molecule has 28 heavy (non-hydrogen) atoms. The number of hydrogen-bond acceptors (Lipinski definition) is 6. The first-order chi connectivity index (χ1) is 13.7. The van der Waals surface area contributed by atoms with Crippen LogP contribution < -0.4 is 0 Å². The van der Waals surface area contributed by atoms with Crippen LogP contribution in [0.25, 0.3) is 0 Å². The first kappa shape index (κ1) is 19.6. The second-order valence-corrected chi connectivity index (χ2v) is 8.80. The van der Waals surface area contributed by atoms with E-state index in [0.29, 0.717) is 24.2 Å². The van der Waals surface area contributed by atoms with Crippen LogP contribution in [0.3, 0.4) is 0 Å². The summed E-state index contributed by atoms with van der Waals surface area (Å²) in [4.78, 5) is 23.9. The first-order valence-electron chi connectivity index (χ1n) is 10.4. The van der Waals surface area contributed by atoms with Crippen molar-refractivity contribution in [2.24, 2.45) is 0 Å². The summed E-state index contributed by atoms with van der Waals surface area (Å²) in [5.74, 6) is 0.633. The minimum Gasteiger partial charge on any atom is -0.447 e. The highest BCUT2D eigenvalue weighted by molar-refractivity contribution is 7.07. The van der Waals surface area contributed by atoms with E-state index in [2.05, 4.69) is 31.6 Å². The van der Waals surface area contributed by atoms with Crippen molar-refractivity contribution >= 4 is 17.2 Å². The Morgan fingerprint density at radius 3 is 2.57 bits per heavy atom. The highest BCUT2D eigenvalue weighted by Gasteiger charge is 2.26. The topological polar surface area (TPSA) is 52.8 Å². The van der Waals surface area contributed by atoms with Crippen LogP contribution in [0.5, 0.6) is 0 Å². The molecule has 0 atom stereocenters. The molecular formula is C21H30N4O2S. The van der Waals surface area contributed by atoms with Gasteiger partial charge >= 0.3 is 0 Å². The van der Waals surface area contributed by atoms with Gasteiger partial charge in [-0.15, -0.1) is 0 Å². The summed E-state index contributed by atoms with van der Waals surface area (Å²) in [7, 11) is 1.90. The molecule has 0 N–H and O–H groups in total. The molecule has 2 aliphatic rings. The zero-order valence-electron chi connectivity index (χ0n) is 16.7. The zero-order valence-corrected chi connectivity index (χ0v) is 17.5. The van der Waals surface area contributed by atoms with Gasteiger partial charge in [-0.25, -0.2) is 4.98 Å². The average Bonchev–Trinajstić information content (AvgIpc) is 3.41. The van der Waals surface area contributed by atoms with Crippen LogP contribution in [0.1, 0.15) is 54.0 Å². The number of carbonyl (C=O) groups is 1. The molecule has 1 aliphatic heterocycles. The van der Waals surface area contributed by atoms with E-state index in [-0.39, 0.29) is 5.91 Å². The molecule has 152 valence electrons. The van der Waals surface area contributed by atoms with Gasteiger partial charge in [0.15, 0.2) is 5.69 Å². The Balaban J connectivity index is 1.26. The molecule has 7 heteroatoms. The van der Waals surface area contributed by atoms with Crippen molar-refractivity contribution in [3.63, 3.8) is 0 Å². The van der Waals surface area contributed by atoms with Gasteiger partial charge in [0.05, 0.1) is 6.54 Å². The van der Waals surface area contributed by atoms with Crippen LogP contribution in [0, 0.1) is 0 Å². The average molecular weight is 403 g/mol. The quantitative estimate of drug-likeness (QED) is 0.741. The second-order valence-electron chi connectivity index (χ2n) is 8.02. The van der Waals surface area contributed by atoms with E-state index in [1.165, 1.54) is 31.1 Å². The van der Waals surface area contributed by atoms with E-state index in [1.54, 1.807) is 11.3 Å². The van der Waals surface area contributed by atoms with Crippen molar-refractivity contribution in [1.29, 1.82) is 0 Å². The molecule has 0 aromatic carbocycles. The maximum atomic E-state index is 12.7. The Labute approximate surface area is 171 Å². The first-order valence-corrected chi connectivity index (χ1v) is 11.3. The number of oxazole rings is 1. The third-order valence-electron chi connectivity index (χ3n) is 6.02. The van der Waals surface area contributed by atoms with E-state index in [4.69, 9.17) is 4.42 Å². The molecule has 2 aromatic heterocycles. The van der Waals surface area contributed by atoms with Crippen molar-refractivity contribution in [2.45, 2.75) is 51.2 Å². The Morgan fingerprint density at radius 2 is 1.89 bits per heavy atom. The van der Waals surface area contributed by atoms with Crippen molar-refractivity contribution in [1.82, 2.24) is 19.7 Å². The van der Waals surface area contributed by atoms with Crippen molar-refractivity contribution in [2.75, 3.05) is 33.2 Å². The number of hydrogen-bond donors (Lipinski definition) is 0. The Kier molecular flexibility index (Phi) is 6.44. The zero-order chi connectivity index (χ0) is 19.3. The fourth-order valence-corrected chi connectivity index (χ4v) is 4.89. The van der Waals surface area contributed by atoms with Gasteiger partial charge < -0.3 is 9.32 Å². The molecule has 0 spiro atoms. The molecule has 0 radical (unpaired) electrons. The highest BCUT2D eigenvalue weighted by Crippen LogP contribution is 2.23. The number of thiophene rings is 1. The molecule has 6 nitrogen and oxygen atoms in total. The van der Waals surface area contributed by atoms with Crippen LogP contribution in [-0.2, 0) is 13.1 Å². The fraction of sp³-hybridized carbons (Fsp3) is 0.619. The van der Waals surface area contributed by atoms with Gasteiger partial charge in [-0.2, -0.15) is 11.3 Å². The van der Waals surface area contributed by atoms with Gasteiger partial charge in [-0.1, -0.05) is 19.3 Å². The van der Waals surface area contributed by atoms with Gasteiger partial charge in [-0.05, 0) is 35.2 Å². The van der Waals surface area contributed by atoms with Gasteiger partial charge in [0.1, 0.15) is 6.26 Å². The molecule has 1 saturated carbocycles. The standard InChI is InChI=1S/C21H30N4O2S/c1-23(18-5-3-2-4-6-18)21(26)19-15-27-20(22-19)14-25-10-8-24(9-11-25)13-17-7-12-28-16-17/h7,12,15-16,18H,2-6,8-11,13-14H2,1H3. The molecular weight excluding hydrogens is 372 g/mol. The van der Waals surface area contributed by atoms with E-state index >= 15 is 0 Å². The summed E-state index contributed by atoms with van der Waals surface area (Å²) < 4.78 is 5.63. The third kappa shape index (κ3) is 4.82. The van der Waals surface area contributed by atoms with Crippen LogP contribution in [-0.4, -0.2) is 64.9 Å². The van der Waals surface area contributed by atoms with E-state index < -0.39 is 0 Å². The third-order valence-corrected chi connectivity index (χ3v) is 6.76. The predicted octanol–water partition coefficient (Wildman–Crippen LogP) is 3.46. The normalized spacial score (nSPS) is 19.8. The van der Waals surface area contributed by atoms with E-state index in [0.717, 1.165) is 45.6 Å². The molecule has 2 fully saturated rings. The Hall–Kier alpha value is -1.70. The lowest BCUT2D eigenvalue weighted by Gasteiger charge is -2.33. The van der Waals surface area contributed by atoms with Gasteiger partial charge in [-0.3, -0.25) is 14.6 Å². The minimum absolute atomic E-state index is 0.0116. The van der Waals surface area contributed by atoms with Gasteiger partial charge in [0.2, 0.25) is 5.89 Å². The van der Waals surface area contributed by atoms with Crippen LogP contribution >= 0.6 is 11.3 Å². The number of nitrogens with zero attached hydrogens (tertiary/aromatic N) is 4. The molecule has 1 aliphatic carbocycles. The number of carbonyl (C=O) groups excluding carboxylic acids is 1. The minimum atomic E-state index is -0.0116. The molecule has 1 amide bonds. The largest absolute Gasteiger partial charge is 0.447 e. The summed E-state index contributed by atoms with van der Waals surface area (Å²) in [5.41, 5.74) is 1.84. The van der Waals surface area contributed by atoms with Crippen molar-refractivity contribution < 1.29 is 9.21 Å². The molecule has 0 bridgehead atoms.